The third kappa shape index (κ3) is 1.92. The average Bonchev–Trinajstić information content (AvgIpc) is 2.91. The zero-order valence-electron chi connectivity index (χ0n) is 11.1. The fraction of sp³-hybridized carbons (Fsp3) is 0.176. The quantitative estimate of drug-likeness (QED) is 0.763. The van der Waals surface area contributed by atoms with Crippen molar-refractivity contribution in [2.45, 2.75) is 18.9 Å². The van der Waals surface area contributed by atoms with Crippen molar-refractivity contribution in [1.29, 1.82) is 0 Å². The minimum Gasteiger partial charge on any atom is -0.378 e. The molecular formula is C17H15N3. The van der Waals surface area contributed by atoms with E-state index in [0.717, 1.165) is 29.6 Å². The molecule has 4 rings (SSSR count). The van der Waals surface area contributed by atoms with Crippen LogP contribution in [0.25, 0.3) is 11.0 Å². The summed E-state index contributed by atoms with van der Waals surface area (Å²) >= 11 is 0. The zero-order valence-corrected chi connectivity index (χ0v) is 11.1. The molecular weight excluding hydrogens is 246 g/mol. The molecule has 2 aromatic carbocycles. The molecule has 1 aliphatic carbocycles. The molecule has 0 fully saturated rings. The summed E-state index contributed by atoms with van der Waals surface area (Å²) in [5.41, 5.74) is 5.87. The van der Waals surface area contributed by atoms with Crippen molar-refractivity contribution in [2.24, 2.45) is 0 Å². The van der Waals surface area contributed by atoms with Gasteiger partial charge in [-0.3, -0.25) is 9.97 Å². The van der Waals surface area contributed by atoms with Gasteiger partial charge < -0.3 is 5.32 Å². The van der Waals surface area contributed by atoms with Crippen LogP contribution in [0.5, 0.6) is 0 Å². The Morgan fingerprint density at radius 2 is 1.80 bits per heavy atom. The highest BCUT2D eigenvalue weighted by atomic mass is 14.9. The lowest BCUT2D eigenvalue weighted by atomic mass is 10.1. The summed E-state index contributed by atoms with van der Waals surface area (Å²) in [4.78, 5) is 8.66. The first-order valence-corrected chi connectivity index (χ1v) is 6.95. The number of aryl methyl sites for hydroxylation is 1. The van der Waals surface area contributed by atoms with Crippen LogP contribution in [0.3, 0.4) is 0 Å². The molecule has 20 heavy (non-hydrogen) atoms. The first kappa shape index (κ1) is 11.4. The highest BCUT2D eigenvalue weighted by Crippen LogP contribution is 2.33. The summed E-state index contributed by atoms with van der Waals surface area (Å²) in [6.07, 6.45) is 5.76. The SMILES string of the molecule is c1ccc2c(c1)CCC2Nc1ccc2nccnc2c1. The molecule has 1 atom stereocenters. The van der Waals surface area contributed by atoms with Crippen molar-refractivity contribution in [3.63, 3.8) is 0 Å². The van der Waals surface area contributed by atoms with Gasteiger partial charge in [-0.25, -0.2) is 0 Å². The number of hydrogen-bond acceptors (Lipinski definition) is 3. The number of fused-ring (bicyclic) bond motifs is 2. The molecule has 0 radical (unpaired) electrons. The third-order valence-electron chi connectivity index (χ3n) is 3.94. The molecule has 1 aromatic heterocycles. The first-order chi connectivity index (χ1) is 9.90. The van der Waals surface area contributed by atoms with Crippen LogP contribution in [-0.4, -0.2) is 9.97 Å². The fourth-order valence-electron chi connectivity index (χ4n) is 2.96. The predicted molar refractivity (Wildman–Crippen MR) is 80.7 cm³/mol. The molecule has 0 spiro atoms. The van der Waals surface area contributed by atoms with E-state index in [0.29, 0.717) is 6.04 Å². The lowest BCUT2D eigenvalue weighted by molar-refractivity contribution is 0.762. The lowest BCUT2D eigenvalue weighted by Gasteiger charge is -2.15. The van der Waals surface area contributed by atoms with Crippen LogP contribution in [0.4, 0.5) is 5.69 Å². The number of hydrogen-bond donors (Lipinski definition) is 1. The standard InChI is InChI=1S/C17H15N3/c1-2-4-14-12(3-1)5-7-15(14)20-13-6-8-16-17(11-13)19-10-9-18-16/h1-4,6,8-11,15,20H,5,7H2. The highest BCUT2D eigenvalue weighted by Gasteiger charge is 2.21. The van der Waals surface area contributed by atoms with Gasteiger partial charge in [0, 0.05) is 18.1 Å². The number of rotatable bonds is 2. The molecule has 0 aliphatic heterocycles. The number of anilines is 1. The Morgan fingerprint density at radius 1 is 0.950 bits per heavy atom. The lowest BCUT2D eigenvalue weighted by Crippen LogP contribution is -2.06. The maximum atomic E-state index is 4.36. The minimum absolute atomic E-state index is 0.403. The van der Waals surface area contributed by atoms with Gasteiger partial charge in [0.25, 0.3) is 0 Å². The summed E-state index contributed by atoms with van der Waals surface area (Å²) < 4.78 is 0. The second-order valence-corrected chi connectivity index (χ2v) is 5.19. The Hall–Kier alpha value is -2.42. The van der Waals surface area contributed by atoms with Gasteiger partial charge in [0.15, 0.2) is 0 Å². The van der Waals surface area contributed by atoms with Gasteiger partial charge in [0.05, 0.1) is 17.1 Å². The van der Waals surface area contributed by atoms with Crippen molar-refractivity contribution in [3.05, 3.63) is 66.0 Å². The number of nitrogens with zero attached hydrogens (tertiary/aromatic N) is 2. The molecule has 3 heteroatoms. The van der Waals surface area contributed by atoms with E-state index in [2.05, 4.69) is 51.7 Å². The van der Waals surface area contributed by atoms with E-state index in [9.17, 15) is 0 Å². The Balaban J connectivity index is 1.65. The van der Waals surface area contributed by atoms with E-state index in [1.165, 1.54) is 11.1 Å². The number of aromatic nitrogens is 2. The van der Waals surface area contributed by atoms with Gasteiger partial charge in [-0.2, -0.15) is 0 Å². The molecule has 1 heterocycles. The molecule has 0 bridgehead atoms. The van der Waals surface area contributed by atoms with Crippen molar-refractivity contribution in [1.82, 2.24) is 9.97 Å². The largest absolute Gasteiger partial charge is 0.378 e. The molecule has 0 saturated carbocycles. The smallest absolute Gasteiger partial charge is 0.0907 e. The monoisotopic (exact) mass is 261 g/mol. The highest BCUT2D eigenvalue weighted by molar-refractivity contribution is 5.78. The van der Waals surface area contributed by atoms with Gasteiger partial charge in [0.2, 0.25) is 0 Å². The normalized spacial score (nSPS) is 17.1. The van der Waals surface area contributed by atoms with Crippen LogP contribution in [0.1, 0.15) is 23.6 Å². The molecule has 1 unspecified atom stereocenters. The zero-order chi connectivity index (χ0) is 13.4. The van der Waals surface area contributed by atoms with Crippen molar-refractivity contribution < 1.29 is 0 Å². The minimum atomic E-state index is 0.403. The first-order valence-electron chi connectivity index (χ1n) is 6.95. The van der Waals surface area contributed by atoms with E-state index in [4.69, 9.17) is 0 Å². The number of benzene rings is 2. The fourth-order valence-corrected chi connectivity index (χ4v) is 2.96. The van der Waals surface area contributed by atoms with Gasteiger partial charge in [0.1, 0.15) is 0 Å². The van der Waals surface area contributed by atoms with Crippen LogP contribution >= 0.6 is 0 Å². The summed E-state index contributed by atoms with van der Waals surface area (Å²) in [6.45, 7) is 0. The second kappa shape index (κ2) is 4.60. The molecule has 98 valence electrons. The Bertz CT molecular complexity index is 767. The Labute approximate surface area is 117 Å². The van der Waals surface area contributed by atoms with Crippen LogP contribution in [0.2, 0.25) is 0 Å². The van der Waals surface area contributed by atoms with Crippen molar-refractivity contribution in [3.8, 4) is 0 Å². The molecule has 3 aromatic rings. The maximum absolute atomic E-state index is 4.36. The maximum Gasteiger partial charge on any atom is 0.0907 e. The van der Waals surface area contributed by atoms with E-state index >= 15 is 0 Å². The van der Waals surface area contributed by atoms with Crippen LogP contribution in [0, 0.1) is 0 Å². The van der Waals surface area contributed by atoms with Gasteiger partial charge in [-0.05, 0) is 42.2 Å². The van der Waals surface area contributed by atoms with Gasteiger partial charge in [-0.1, -0.05) is 24.3 Å². The average molecular weight is 261 g/mol. The van der Waals surface area contributed by atoms with E-state index in [1.54, 1.807) is 12.4 Å². The van der Waals surface area contributed by atoms with Crippen LogP contribution in [-0.2, 0) is 6.42 Å². The van der Waals surface area contributed by atoms with Gasteiger partial charge >= 0.3 is 0 Å². The molecule has 3 nitrogen and oxygen atoms in total. The second-order valence-electron chi connectivity index (χ2n) is 5.19. The van der Waals surface area contributed by atoms with Crippen LogP contribution in [0.15, 0.2) is 54.9 Å². The molecule has 0 saturated heterocycles. The summed E-state index contributed by atoms with van der Waals surface area (Å²) in [6, 6.07) is 15.3. The van der Waals surface area contributed by atoms with Crippen molar-refractivity contribution >= 4 is 16.7 Å². The molecule has 0 amide bonds. The summed E-state index contributed by atoms with van der Waals surface area (Å²) in [7, 11) is 0. The molecule has 1 N–H and O–H groups in total. The summed E-state index contributed by atoms with van der Waals surface area (Å²) in [5, 5.41) is 3.62. The van der Waals surface area contributed by atoms with Crippen molar-refractivity contribution in [2.75, 3.05) is 5.32 Å². The van der Waals surface area contributed by atoms with Gasteiger partial charge in [-0.15, -0.1) is 0 Å². The topological polar surface area (TPSA) is 37.8 Å². The third-order valence-corrected chi connectivity index (χ3v) is 3.94. The Kier molecular flexibility index (Phi) is 2.62. The Morgan fingerprint density at radius 3 is 2.75 bits per heavy atom. The van der Waals surface area contributed by atoms with E-state index in [1.807, 2.05) is 6.07 Å². The summed E-state index contributed by atoms with van der Waals surface area (Å²) in [5.74, 6) is 0. The number of nitrogens with one attached hydrogen (secondary N) is 1. The molecule has 1 aliphatic rings. The van der Waals surface area contributed by atoms with Crippen LogP contribution < -0.4 is 5.32 Å². The predicted octanol–water partition coefficient (Wildman–Crippen LogP) is 3.73. The van der Waals surface area contributed by atoms with E-state index in [-0.39, 0.29) is 0 Å². The van der Waals surface area contributed by atoms with E-state index < -0.39 is 0 Å².